The van der Waals surface area contributed by atoms with Gasteiger partial charge in [0.15, 0.2) is 0 Å². The highest BCUT2D eigenvalue weighted by molar-refractivity contribution is 4.87. The number of likely N-dealkylation sites (N-methyl/N-ethyl adjacent to an activating group) is 1. The molecule has 2 heteroatoms. The molecule has 0 rings (SSSR count). The van der Waals surface area contributed by atoms with E-state index >= 15 is 0 Å². The Balaban J connectivity index is 3.67. The van der Waals surface area contributed by atoms with Crippen molar-refractivity contribution in [1.29, 1.82) is 0 Å². The molecule has 0 saturated heterocycles. The first-order valence-corrected chi connectivity index (χ1v) is 8.37. The lowest BCUT2D eigenvalue weighted by Crippen LogP contribution is -2.48. The number of ether oxygens (including phenoxy) is 1. The fourth-order valence-corrected chi connectivity index (χ4v) is 2.77. The van der Waals surface area contributed by atoms with Crippen LogP contribution in [0.25, 0.3) is 0 Å². The highest BCUT2D eigenvalue weighted by Gasteiger charge is 2.30. The van der Waals surface area contributed by atoms with Gasteiger partial charge in [0.1, 0.15) is 0 Å². The van der Waals surface area contributed by atoms with Crippen LogP contribution in [0.2, 0.25) is 0 Å². The first-order chi connectivity index (χ1) is 9.14. The van der Waals surface area contributed by atoms with Crippen molar-refractivity contribution in [1.82, 2.24) is 5.32 Å². The monoisotopic (exact) mass is 271 g/mol. The van der Waals surface area contributed by atoms with Gasteiger partial charge < -0.3 is 10.1 Å². The maximum absolute atomic E-state index is 5.70. The summed E-state index contributed by atoms with van der Waals surface area (Å²) in [4.78, 5) is 0. The van der Waals surface area contributed by atoms with Gasteiger partial charge >= 0.3 is 0 Å². The maximum atomic E-state index is 5.70. The van der Waals surface area contributed by atoms with Crippen molar-refractivity contribution in [2.45, 2.75) is 96.6 Å². The van der Waals surface area contributed by atoms with Crippen LogP contribution in [0, 0.1) is 0 Å². The van der Waals surface area contributed by atoms with Crippen LogP contribution in [0.15, 0.2) is 0 Å². The summed E-state index contributed by atoms with van der Waals surface area (Å²) >= 11 is 0. The Morgan fingerprint density at radius 3 is 1.89 bits per heavy atom. The third-order valence-corrected chi connectivity index (χ3v) is 4.60. The van der Waals surface area contributed by atoms with E-state index in [-0.39, 0.29) is 5.60 Å². The lowest BCUT2D eigenvalue weighted by atomic mass is 9.89. The average molecular weight is 271 g/mol. The Hall–Kier alpha value is -0.0800. The number of hydrogen-bond donors (Lipinski definition) is 1. The van der Waals surface area contributed by atoms with Crippen molar-refractivity contribution < 1.29 is 4.74 Å². The predicted octanol–water partition coefficient (Wildman–Crippen LogP) is 4.92. The third-order valence-electron chi connectivity index (χ3n) is 4.60. The number of methoxy groups -OCH3 is 1. The molecule has 0 spiro atoms. The topological polar surface area (TPSA) is 21.3 Å². The number of rotatable bonds is 13. The van der Waals surface area contributed by atoms with Gasteiger partial charge in [-0.05, 0) is 26.8 Å². The molecule has 0 radical (unpaired) electrons. The first kappa shape index (κ1) is 18.9. The molecule has 2 nitrogen and oxygen atoms in total. The highest BCUT2D eigenvalue weighted by atomic mass is 16.5. The molecular formula is C17H37NO. The summed E-state index contributed by atoms with van der Waals surface area (Å²) in [6, 6.07) is 0.475. The molecule has 0 heterocycles. The summed E-state index contributed by atoms with van der Waals surface area (Å²) in [6.07, 6.45) is 13.4. The molecule has 0 amide bonds. The Kier molecular flexibility index (Phi) is 11.7. The number of nitrogens with one attached hydrogen (secondary N) is 1. The van der Waals surface area contributed by atoms with Crippen LogP contribution in [0.3, 0.4) is 0 Å². The minimum atomic E-state index is -0.0180. The molecule has 19 heavy (non-hydrogen) atoms. The van der Waals surface area contributed by atoms with E-state index in [1.54, 1.807) is 0 Å². The van der Waals surface area contributed by atoms with Crippen LogP contribution in [-0.2, 0) is 4.74 Å². The predicted molar refractivity (Wildman–Crippen MR) is 85.8 cm³/mol. The second-order valence-electron chi connectivity index (χ2n) is 5.98. The fraction of sp³-hybridized carbons (Fsp3) is 1.00. The Morgan fingerprint density at radius 2 is 1.47 bits per heavy atom. The molecule has 116 valence electrons. The highest BCUT2D eigenvalue weighted by Crippen LogP contribution is 2.23. The molecule has 0 bridgehead atoms. The molecule has 0 aromatic carbocycles. The zero-order chi connectivity index (χ0) is 14.6. The molecule has 0 saturated carbocycles. The van der Waals surface area contributed by atoms with Crippen molar-refractivity contribution in [3.05, 3.63) is 0 Å². The van der Waals surface area contributed by atoms with Gasteiger partial charge in [-0.2, -0.15) is 0 Å². The van der Waals surface area contributed by atoms with Crippen LogP contribution < -0.4 is 5.32 Å². The molecular weight excluding hydrogens is 234 g/mol. The molecule has 0 fully saturated rings. The molecule has 2 unspecified atom stereocenters. The lowest BCUT2D eigenvalue weighted by Gasteiger charge is -2.35. The standard InChI is InChI=1S/C17H37NO/c1-6-8-9-10-11-12-13-14-15-16(18-4)17(3,7-2)19-5/h16,18H,6-15H2,1-5H3. The maximum Gasteiger partial charge on any atom is 0.0800 e. The first-order valence-electron chi connectivity index (χ1n) is 8.37. The molecule has 0 aliphatic carbocycles. The molecule has 2 atom stereocenters. The van der Waals surface area contributed by atoms with E-state index in [1.807, 2.05) is 7.11 Å². The number of hydrogen-bond acceptors (Lipinski definition) is 2. The number of unbranched alkanes of at least 4 members (excludes halogenated alkanes) is 7. The third kappa shape index (κ3) is 7.94. The van der Waals surface area contributed by atoms with E-state index in [2.05, 4.69) is 33.1 Å². The normalized spacial score (nSPS) is 16.3. The lowest BCUT2D eigenvalue weighted by molar-refractivity contribution is -0.0297. The summed E-state index contributed by atoms with van der Waals surface area (Å²) < 4.78 is 5.70. The minimum Gasteiger partial charge on any atom is -0.377 e. The van der Waals surface area contributed by atoms with E-state index in [1.165, 1.54) is 57.8 Å². The fourth-order valence-electron chi connectivity index (χ4n) is 2.77. The van der Waals surface area contributed by atoms with Crippen molar-refractivity contribution in [3.8, 4) is 0 Å². The van der Waals surface area contributed by atoms with Crippen LogP contribution in [0.5, 0.6) is 0 Å². The quantitative estimate of drug-likeness (QED) is 0.480. The second kappa shape index (κ2) is 11.7. The van der Waals surface area contributed by atoms with Crippen LogP contribution in [0.1, 0.15) is 85.0 Å². The molecule has 1 N–H and O–H groups in total. The Labute approximate surface area is 121 Å². The zero-order valence-corrected chi connectivity index (χ0v) is 14.1. The van der Waals surface area contributed by atoms with Crippen LogP contribution in [-0.4, -0.2) is 25.8 Å². The largest absolute Gasteiger partial charge is 0.377 e. The van der Waals surface area contributed by atoms with Crippen molar-refractivity contribution in [2.75, 3.05) is 14.2 Å². The van der Waals surface area contributed by atoms with Gasteiger partial charge in [0.2, 0.25) is 0 Å². The van der Waals surface area contributed by atoms with Gasteiger partial charge in [-0.3, -0.25) is 0 Å². The van der Waals surface area contributed by atoms with Crippen LogP contribution in [0.4, 0.5) is 0 Å². The van der Waals surface area contributed by atoms with E-state index in [9.17, 15) is 0 Å². The SMILES string of the molecule is CCCCCCCCCCC(NC)C(C)(CC)OC. The zero-order valence-electron chi connectivity index (χ0n) is 14.1. The van der Waals surface area contributed by atoms with Crippen molar-refractivity contribution in [2.24, 2.45) is 0 Å². The Morgan fingerprint density at radius 1 is 0.947 bits per heavy atom. The molecule has 0 aromatic rings. The van der Waals surface area contributed by atoms with Crippen molar-refractivity contribution >= 4 is 0 Å². The van der Waals surface area contributed by atoms with E-state index in [0.29, 0.717) is 6.04 Å². The second-order valence-corrected chi connectivity index (χ2v) is 5.98. The van der Waals surface area contributed by atoms with Gasteiger partial charge in [0, 0.05) is 13.2 Å². The molecule has 0 aliphatic rings. The summed E-state index contributed by atoms with van der Waals surface area (Å²) in [7, 11) is 3.89. The minimum absolute atomic E-state index is 0.0180. The Bertz CT molecular complexity index is 190. The van der Waals surface area contributed by atoms with E-state index in [4.69, 9.17) is 4.74 Å². The van der Waals surface area contributed by atoms with E-state index in [0.717, 1.165) is 6.42 Å². The van der Waals surface area contributed by atoms with Gasteiger partial charge in [0.25, 0.3) is 0 Å². The average Bonchev–Trinajstić information content (AvgIpc) is 2.45. The van der Waals surface area contributed by atoms with Gasteiger partial charge in [-0.1, -0.05) is 65.2 Å². The van der Waals surface area contributed by atoms with Gasteiger partial charge in [-0.15, -0.1) is 0 Å². The summed E-state index contributed by atoms with van der Waals surface area (Å²) in [5.74, 6) is 0. The van der Waals surface area contributed by atoms with Crippen LogP contribution >= 0.6 is 0 Å². The van der Waals surface area contributed by atoms with Gasteiger partial charge in [0.05, 0.1) is 5.60 Å². The smallest absolute Gasteiger partial charge is 0.0800 e. The van der Waals surface area contributed by atoms with Gasteiger partial charge in [-0.25, -0.2) is 0 Å². The summed E-state index contributed by atoms with van der Waals surface area (Å²) in [5, 5.41) is 3.44. The van der Waals surface area contributed by atoms with Crippen molar-refractivity contribution in [3.63, 3.8) is 0 Å². The summed E-state index contributed by atoms with van der Waals surface area (Å²) in [6.45, 7) is 6.71. The summed E-state index contributed by atoms with van der Waals surface area (Å²) in [5.41, 5.74) is -0.0180. The molecule has 0 aromatic heterocycles. The molecule has 0 aliphatic heterocycles. The van der Waals surface area contributed by atoms with E-state index < -0.39 is 0 Å².